The van der Waals surface area contributed by atoms with Crippen molar-refractivity contribution in [2.24, 2.45) is 0 Å². The van der Waals surface area contributed by atoms with Gasteiger partial charge in [-0.25, -0.2) is 9.97 Å². The summed E-state index contributed by atoms with van der Waals surface area (Å²) in [6, 6.07) is 3.37. The highest BCUT2D eigenvalue weighted by molar-refractivity contribution is 7.19. The van der Waals surface area contributed by atoms with Crippen molar-refractivity contribution >= 4 is 50.6 Å². The van der Waals surface area contributed by atoms with Gasteiger partial charge in [0, 0.05) is 36.7 Å². The zero-order valence-electron chi connectivity index (χ0n) is 18.3. The van der Waals surface area contributed by atoms with Crippen LogP contribution in [0.2, 0.25) is 5.02 Å². The minimum absolute atomic E-state index is 0.0750. The molecule has 11 heteroatoms. The molecule has 3 heterocycles. The van der Waals surface area contributed by atoms with Gasteiger partial charge in [0.15, 0.2) is 0 Å². The molecule has 1 N–H and O–H groups in total. The number of amides is 1. The maximum absolute atomic E-state index is 13.1. The third-order valence-corrected chi connectivity index (χ3v) is 7.86. The highest BCUT2D eigenvalue weighted by atomic mass is 35.5. The van der Waals surface area contributed by atoms with Gasteiger partial charge in [0.05, 0.1) is 22.5 Å². The smallest absolute Gasteiger partial charge is 0.353 e. The molecule has 1 aliphatic heterocycles. The maximum atomic E-state index is 13.1. The monoisotopic (exact) mass is 509 g/mol. The normalized spacial score (nSPS) is 17.1. The van der Waals surface area contributed by atoms with Gasteiger partial charge in [-0.3, -0.25) is 9.69 Å². The van der Waals surface area contributed by atoms with E-state index in [0.717, 1.165) is 35.6 Å². The van der Waals surface area contributed by atoms with Crippen LogP contribution in [0.1, 0.15) is 28.8 Å². The van der Waals surface area contributed by atoms with Gasteiger partial charge in [0.2, 0.25) is 5.91 Å². The number of hydrogen-bond donors (Lipinski definition) is 1. The van der Waals surface area contributed by atoms with Crippen molar-refractivity contribution in [3.05, 3.63) is 45.6 Å². The molecule has 0 atom stereocenters. The number of carbonyl (C=O) groups excluding carboxylic acids is 1. The van der Waals surface area contributed by atoms with E-state index in [1.807, 2.05) is 4.90 Å². The second-order valence-corrected chi connectivity index (χ2v) is 10.1. The first-order chi connectivity index (χ1) is 16.3. The van der Waals surface area contributed by atoms with Gasteiger partial charge in [0.1, 0.15) is 17.0 Å². The van der Waals surface area contributed by atoms with E-state index in [9.17, 15) is 18.0 Å². The van der Waals surface area contributed by atoms with Crippen molar-refractivity contribution in [2.75, 3.05) is 42.9 Å². The van der Waals surface area contributed by atoms with E-state index >= 15 is 0 Å². The lowest BCUT2D eigenvalue weighted by Crippen LogP contribution is -2.49. The number of carbonyl (C=O) groups is 1. The number of piperazine rings is 1. The molecule has 1 aliphatic carbocycles. The molecule has 0 unspecified atom stereocenters. The fraction of sp³-hybridized carbons (Fsp3) is 0.435. The molecule has 34 heavy (non-hydrogen) atoms. The number of benzene rings is 1. The first kappa shape index (κ1) is 23.3. The SMILES string of the molecule is O=C(CN1CCN(c2ncnc3sc4c(c23)CCCC4)CC1)Nc1ccc(Cl)c(C(F)(F)F)c1. The van der Waals surface area contributed by atoms with Crippen LogP contribution in [0, 0.1) is 0 Å². The van der Waals surface area contributed by atoms with Crippen molar-refractivity contribution in [1.82, 2.24) is 14.9 Å². The highest BCUT2D eigenvalue weighted by Crippen LogP contribution is 2.39. The largest absolute Gasteiger partial charge is 0.417 e. The Kier molecular flexibility index (Phi) is 6.39. The summed E-state index contributed by atoms with van der Waals surface area (Å²) in [6.45, 7) is 2.83. The van der Waals surface area contributed by atoms with Crippen molar-refractivity contribution in [1.29, 1.82) is 0 Å². The molecule has 1 saturated heterocycles. The van der Waals surface area contributed by atoms with Crippen molar-refractivity contribution < 1.29 is 18.0 Å². The fourth-order valence-corrected chi connectivity index (χ4v) is 6.10. The Balaban J connectivity index is 1.22. The summed E-state index contributed by atoms with van der Waals surface area (Å²) in [5.41, 5.74) is 0.503. The maximum Gasteiger partial charge on any atom is 0.417 e. The van der Waals surface area contributed by atoms with Gasteiger partial charge >= 0.3 is 6.18 Å². The van der Waals surface area contributed by atoms with Crippen LogP contribution in [0.3, 0.4) is 0 Å². The van der Waals surface area contributed by atoms with Crippen LogP contribution in [-0.4, -0.2) is 53.5 Å². The van der Waals surface area contributed by atoms with E-state index in [-0.39, 0.29) is 18.1 Å². The molecule has 2 aliphatic rings. The minimum atomic E-state index is -4.58. The summed E-state index contributed by atoms with van der Waals surface area (Å²) in [5, 5.41) is 3.34. The summed E-state index contributed by atoms with van der Waals surface area (Å²) < 4.78 is 39.2. The molecule has 0 spiro atoms. The van der Waals surface area contributed by atoms with Crippen LogP contribution in [-0.2, 0) is 23.8 Å². The summed E-state index contributed by atoms with van der Waals surface area (Å²) in [7, 11) is 0. The standard InChI is InChI=1S/C23H23ClF3N5OS/c24-17-6-5-14(11-16(17)23(25,26)27)30-19(33)12-31-7-9-32(10-8-31)21-20-15-3-1-2-4-18(15)34-22(20)29-13-28-21/h5-6,11,13H,1-4,7-10,12H2,(H,30,33). The number of fused-ring (bicyclic) bond motifs is 3. The van der Waals surface area contributed by atoms with Crippen LogP contribution in [0.25, 0.3) is 10.2 Å². The van der Waals surface area contributed by atoms with Crippen LogP contribution >= 0.6 is 22.9 Å². The summed E-state index contributed by atoms with van der Waals surface area (Å²) in [4.78, 5) is 28.3. The molecule has 0 radical (unpaired) electrons. The molecule has 0 saturated carbocycles. The van der Waals surface area contributed by atoms with Crippen molar-refractivity contribution in [2.45, 2.75) is 31.9 Å². The zero-order chi connectivity index (χ0) is 23.9. The number of alkyl halides is 3. The third kappa shape index (κ3) is 4.71. The first-order valence-electron chi connectivity index (χ1n) is 11.2. The number of nitrogens with one attached hydrogen (secondary N) is 1. The lowest BCUT2D eigenvalue weighted by atomic mass is 9.97. The minimum Gasteiger partial charge on any atom is -0.353 e. The average Bonchev–Trinajstić information content (AvgIpc) is 3.19. The number of halogens is 4. The van der Waals surface area contributed by atoms with E-state index in [1.165, 1.54) is 34.7 Å². The number of hydrogen-bond acceptors (Lipinski definition) is 6. The van der Waals surface area contributed by atoms with Crippen LogP contribution in [0.4, 0.5) is 24.7 Å². The van der Waals surface area contributed by atoms with Gasteiger partial charge in [-0.05, 0) is 49.4 Å². The van der Waals surface area contributed by atoms with Gasteiger partial charge in [-0.2, -0.15) is 13.2 Å². The van der Waals surface area contributed by atoms with E-state index in [2.05, 4.69) is 20.2 Å². The predicted octanol–water partition coefficient (Wildman–Crippen LogP) is 5.00. The molecule has 1 amide bonds. The highest BCUT2D eigenvalue weighted by Gasteiger charge is 2.33. The van der Waals surface area contributed by atoms with Gasteiger partial charge in [-0.15, -0.1) is 11.3 Å². The Labute approximate surface area is 203 Å². The number of nitrogens with zero attached hydrogens (tertiary/aromatic N) is 4. The Morgan fingerprint density at radius 2 is 1.88 bits per heavy atom. The van der Waals surface area contributed by atoms with E-state index in [1.54, 1.807) is 17.7 Å². The summed E-state index contributed by atoms with van der Waals surface area (Å²) >= 11 is 7.42. The Morgan fingerprint density at radius 3 is 2.65 bits per heavy atom. The van der Waals surface area contributed by atoms with Crippen molar-refractivity contribution in [3.8, 4) is 0 Å². The molecule has 1 aromatic carbocycles. The fourth-order valence-electron chi connectivity index (χ4n) is 4.65. The van der Waals surface area contributed by atoms with Gasteiger partial charge < -0.3 is 10.2 Å². The number of rotatable bonds is 4. The number of aromatic nitrogens is 2. The van der Waals surface area contributed by atoms with E-state index in [4.69, 9.17) is 11.6 Å². The molecule has 2 aromatic heterocycles. The van der Waals surface area contributed by atoms with E-state index < -0.39 is 16.8 Å². The molecule has 180 valence electrons. The lowest BCUT2D eigenvalue weighted by molar-refractivity contribution is -0.137. The number of thiophene rings is 1. The first-order valence-corrected chi connectivity index (χ1v) is 12.4. The van der Waals surface area contributed by atoms with Crippen molar-refractivity contribution in [3.63, 3.8) is 0 Å². The number of aryl methyl sites for hydroxylation is 2. The quantitative estimate of drug-likeness (QED) is 0.536. The molecule has 0 bridgehead atoms. The molecule has 1 fully saturated rings. The topological polar surface area (TPSA) is 61.4 Å². The van der Waals surface area contributed by atoms with E-state index in [0.29, 0.717) is 26.2 Å². The molecular weight excluding hydrogens is 487 g/mol. The molecule has 6 nitrogen and oxygen atoms in total. The van der Waals surface area contributed by atoms with Gasteiger partial charge in [-0.1, -0.05) is 11.6 Å². The summed E-state index contributed by atoms with van der Waals surface area (Å²) in [6.07, 6.45) is 1.63. The molecule has 5 rings (SSSR count). The second-order valence-electron chi connectivity index (χ2n) is 8.59. The zero-order valence-corrected chi connectivity index (χ0v) is 19.9. The second kappa shape index (κ2) is 9.31. The molecule has 3 aromatic rings. The Bertz CT molecular complexity index is 1220. The summed E-state index contributed by atoms with van der Waals surface area (Å²) in [5.74, 6) is 0.606. The van der Waals surface area contributed by atoms with Crippen LogP contribution in [0.15, 0.2) is 24.5 Å². The average molecular weight is 510 g/mol. The number of anilines is 2. The lowest BCUT2D eigenvalue weighted by Gasteiger charge is -2.35. The van der Waals surface area contributed by atoms with Crippen LogP contribution < -0.4 is 10.2 Å². The molecular formula is C23H23ClF3N5OS. The van der Waals surface area contributed by atoms with Crippen LogP contribution in [0.5, 0.6) is 0 Å². The van der Waals surface area contributed by atoms with Gasteiger partial charge in [0.25, 0.3) is 0 Å². The Morgan fingerprint density at radius 1 is 1.12 bits per heavy atom. The Hall–Kier alpha value is -2.43. The third-order valence-electron chi connectivity index (χ3n) is 6.33. The predicted molar refractivity (Wildman–Crippen MR) is 128 cm³/mol.